The Kier molecular flexibility index (Phi) is 2.80. The van der Waals surface area contributed by atoms with Crippen molar-refractivity contribution in [3.05, 3.63) is 29.6 Å². The third kappa shape index (κ3) is 1.81. The van der Waals surface area contributed by atoms with E-state index in [2.05, 4.69) is 0 Å². The number of carbonyl (C=O) groups excluding carboxylic acids is 1. The van der Waals surface area contributed by atoms with Gasteiger partial charge >= 0.3 is 0 Å². The summed E-state index contributed by atoms with van der Waals surface area (Å²) in [6.45, 7) is 0. The van der Waals surface area contributed by atoms with Crippen LogP contribution >= 0.6 is 0 Å². The third-order valence-corrected chi connectivity index (χ3v) is 1.56. The van der Waals surface area contributed by atoms with Crippen LogP contribution in [0.15, 0.2) is 18.2 Å². The van der Waals surface area contributed by atoms with E-state index in [-0.39, 0.29) is 6.42 Å². The molecule has 0 heterocycles. The molecule has 0 amide bonds. The highest BCUT2D eigenvalue weighted by Crippen LogP contribution is 2.15. The minimum absolute atomic E-state index is 0.107. The van der Waals surface area contributed by atoms with Gasteiger partial charge in [-0.05, 0) is 11.6 Å². The lowest BCUT2D eigenvalue weighted by atomic mass is 10.1. The van der Waals surface area contributed by atoms with Gasteiger partial charge in [0.25, 0.3) is 0 Å². The van der Waals surface area contributed by atoms with Crippen molar-refractivity contribution in [3.8, 4) is 5.75 Å². The Morgan fingerprint density at radius 2 is 2.33 bits per heavy atom. The number of methoxy groups -OCH3 is 1. The van der Waals surface area contributed by atoms with Crippen molar-refractivity contribution in [3.63, 3.8) is 0 Å². The van der Waals surface area contributed by atoms with E-state index in [0.29, 0.717) is 17.6 Å². The highest BCUT2D eigenvalue weighted by atomic mass is 19.1. The van der Waals surface area contributed by atoms with Gasteiger partial charge < -0.3 is 9.53 Å². The van der Waals surface area contributed by atoms with E-state index in [1.54, 1.807) is 12.1 Å². The normalized spacial score (nSPS) is 9.50. The van der Waals surface area contributed by atoms with Crippen LogP contribution in [-0.4, -0.2) is 13.4 Å². The maximum absolute atomic E-state index is 13.0. The van der Waals surface area contributed by atoms with Crippen LogP contribution in [0.25, 0.3) is 0 Å². The molecule has 64 valence electrons. The van der Waals surface area contributed by atoms with E-state index < -0.39 is 5.82 Å². The second-order valence-electron chi connectivity index (χ2n) is 2.33. The quantitative estimate of drug-likeness (QED) is 0.640. The Balaban J connectivity index is 2.94. The summed E-state index contributed by atoms with van der Waals surface area (Å²) >= 11 is 0. The van der Waals surface area contributed by atoms with Crippen molar-refractivity contribution in [2.75, 3.05) is 7.11 Å². The molecule has 12 heavy (non-hydrogen) atoms. The summed E-state index contributed by atoms with van der Waals surface area (Å²) < 4.78 is 17.8. The SMILES string of the molecule is COc1ccc(CC=O)c(F)c1. The zero-order chi connectivity index (χ0) is 8.97. The molecular formula is C9H9FO2. The first-order valence-electron chi connectivity index (χ1n) is 3.54. The lowest BCUT2D eigenvalue weighted by Gasteiger charge is -2.01. The zero-order valence-electron chi connectivity index (χ0n) is 6.71. The third-order valence-electron chi connectivity index (χ3n) is 1.56. The first-order valence-corrected chi connectivity index (χ1v) is 3.54. The first-order chi connectivity index (χ1) is 5.77. The Morgan fingerprint density at radius 1 is 1.58 bits per heavy atom. The van der Waals surface area contributed by atoms with E-state index in [0.717, 1.165) is 0 Å². The molecule has 0 saturated heterocycles. The van der Waals surface area contributed by atoms with E-state index in [9.17, 15) is 9.18 Å². The average molecular weight is 168 g/mol. The molecular weight excluding hydrogens is 159 g/mol. The van der Waals surface area contributed by atoms with Crippen LogP contribution in [0.5, 0.6) is 5.75 Å². The van der Waals surface area contributed by atoms with Gasteiger partial charge in [0.2, 0.25) is 0 Å². The summed E-state index contributed by atoms with van der Waals surface area (Å²) in [4.78, 5) is 10.1. The molecule has 0 aliphatic rings. The molecule has 1 rings (SSSR count). The molecule has 0 fully saturated rings. The molecule has 3 heteroatoms. The van der Waals surface area contributed by atoms with Crippen LogP contribution in [0.2, 0.25) is 0 Å². The van der Waals surface area contributed by atoms with Crippen molar-refractivity contribution >= 4 is 6.29 Å². The van der Waals surface area contributed by atoms with Crippen molar-refractivity contribution < 1.29 is 13.9 Å². The van der Waals surface area contributed by atoms with Gasteiger partial charge in [-0.15, -0.1) is 0 Å². The molecule has 0 radical (unpaired) electrons. The summed E-state index contributed by atoms with van der Waals surface area (Å²) in [5.74, 6) is 0.0589. The molecule has 0 N–H and O–H groups in total. The molecule has 0 saturated carbocycles. The Bertz CT molecular complexity index is 284. The molecule has 0 aliphatic carbocycles. The van der Waals surface area contributed by atoms with Crippen molar-refractivity contribution in [2.45, 2.75) is 6.42 Å². The predicted octanol–water partition coefficient (Wildman–Crippen LogP) is 1.58. The number of hydrogen-bond donors (Lipinski definition) is 0. The van der Waals surface area contributed by atoms with E-state index in [1.807, 2.05) is 0 Å². The number of benzene rings is 1. The fourth-order valence-corrected chi connectivity index (χ4v) is 0.910. The van der Waals surface area contributed by atoms with Crippen LogP contribution in [0.4, 0.5) is 4.39 Å². The van der Waals surface area contributed by atoms with Gasteiger partial charge in [-0.25, -0.2) is 4.39 Å². The van der Waals surface area contributed by atoms with Crippen molar-refractivity contribution in [2.24, 2.45) is 0 Å². The molecule has 1 aromatic rings. The largest absolute Gasteiger partial charge is 0.497 e. The van der Waals surface area contributed by atoms with E-state index in [4.69, 9.17) is 4.74 Å². The highest BCUT2D eigenvalue weighted by molar-refractivity contribution is 5.55. The number of carbonyl (C=O) groups is 1. The summed E-state index contributed by atoms with van der Waals surface area (Å²) in [5, 5.41) is 0. The molecule has 0 atom stereocenters. The Labute approximate surface area is 70.0 Å². The molecule has 0 aliphatic heterocycles. The molecule has 0 aromatic heterocycles. The van der Waals surface area contributed by atoms with Gasteiger partial charge in [-0.3, -0.25) is 0 Å². The topological polar surface area (TPSA) is 26.3 Å². The van der Waals surface area contributed by atoms with Gasteiger partial charge in [-0.2, -0.15) is 0 Å². The summed E-state index contributed by atoms with van der Waals surface area (Å²) in [7, 11) is 1.47. The number of aldehydes is 1. The fourth-order valence-electron chi connectivity index (χ4n) is 0.910. The standard InChI is InChI=1S/C9H9FO2/c1-12-8-3-2-7(4-5-11)9(10)6-8/h2-3,5-6H,4H2,1H3. The lowest BCUT2D eigenvalue weighted by molar-refractivity contribution is -0.107. The fraction of sp³-hybridized carbons (Fsp3) is 0.222. The molecule has 0 bridgehead atoms. The van der Waals surface area contributed by atoms with Crippen LogP contribution in [-0.2, 0) is 11.2 Å². The monoisotopic (exact) mass is 168 g/mol. The summed E-state index contributed by atoms with van der Waals surface area (Å²) in [6, 6.07) is 4.43. The zero-order valence-corrected chi connectivity index (χ0v) is 6.71. The lowest BCUT2D eigenvalue weighted by Crippen LogP contribution is -1.92. The van der Waals surface area contributed by atoms with Gasteiger partial charge in [0.1, 0.15) is 17.9 Å². The van der Waals surface area contributed by atoms with Crippen molar-refractivity contribution in [1.29, 1.82) is 0 Å². The maximum Gasteiger partial charge on any atom is 0.130 e. The van der Waals surface area contributed by atoms with Crippen LogP contribution in [0.3, 0.4) is 0 Å². The number of rotatable bonds is 3. The minimum atomic E-state index is -0.401. The van der Waals surface area contributed by atoms with Crippen molar-refractivity contribution in [1.82, 2.24) is 0 Å². The van der Waals surface area contributed by atoms with Crippen LogP contribution in [0, 0.1) is 5.82 Å². The van der Waals surface area contributed by atoms with E-state index in [1.165, 1.54) is 13.2 Å². The second-order valence-corrected chi connectivity index (χ2v) is 2.33. The first kappa shape index (κ1) is 8.71. The smallest absolute Gasteiger partial charge is 0.130 e. The van der Waals surface area contributed by atoms with Gasteiger partial charge in [0.15, 0.2) is 0 Å². The number of halogens is 1. The number of hydrogen-bond acceptors (Lipinski definition) is 2. The molecule has 0 spiro atoms. The van der Waals surface area contributed by atoms with Gasteiger partial charge in [-0.1, -0.05) is 6.07 Å². The molecule has 1 aromatic carbocycles. The predicted molar refractivity (Wildman–Crippen MR) is 42.7 cm³/mol. The average Bonchev–Trinajstić information content (AvgIpc) is 2.09. The second kappa shape index (κ2) is 3.85. The molecule has 0 unspecified atom stereocenters. The number of ether oxygens (including phenoxy) is 1. The summed E-state index contributed by atoms with van der Waals surface area (Å²) in [5.41, 5.74) is 0.394. The Hall–Kier alpha value is -1.38. The minimum Gasteiger partial charge on any atom is -0.497 e. The molecule has 2 nitrogen and oxygen atoms in total. The Morgan fingerprint density at radius 3 is 2.83 bits per heavy atom. The highest BCUT2D eigenvalue weighted by Gasteiger charge is 2.02. The summed E-state index contributed by atoms with van der Waals surface area (Å²) in [6.07, 6.45) is 0.778. The maximum atomic E-state index is 13.0. The van der Waals surface area contributed by atoms with Gasteiger partial charge in [0, 0.05) is 12.5 Å². The van der Waals surface area contributed by atoms with Crippen LogP contribution < -0.4 is 4.74 Å². The van der Waals surface area contributed by atoms with Gasteiger partial charge in [0.05, 0.1) is 7.11 Å². The van der Waals surface area contributed by atoms with E-state index >= 15 is 0 Å². The van der Waals surface area contributed by atoms with Crippen LogP contribution in [0.1, 0.15) is 5.56 Å².